The van der Waals surface area contributed by atoms with E-state index in [-0.39, 0.29) is 5.92 Å². The van der Waals surface area contributed by atoms with Gasteiger partial charge in [-0.3, -0.25) is 4.79 Å². The predicted octanol–water partition coefficient (Wildman–Crippen LogP) is 2.34. The predicted molar refractivity (Wildman–Crippen MR) is 80.3 cm³/mol. The first-order valence-corrected chi connectivity index (χ1v) is 7.72. The highest BCUT2D eigenvalue weighted by Gasteiger charge is 2.39. The van der Waals surface area contributed by atoms with Gasteiger partial charge >= 0.3 is 0 Å². The van der Waals surface area contributed by atoms with Gasteiger partial charge in [-0.2, -0.15) is 0 Å². The number of aryl methyl sites for hydroxylation is 1. The van der Waals surface area contributed by atoms with Gasteiger partial charge in [-0.1, -0.05) is 36.8 Å². The molecule has 0 aromatic heterocycles. The van der Waals surface area contributed by atoms with Crippen LogP contribution in [0.1, 0.15) is 30.9 Å². The Morgan fingerprint density at radius 2 is 2.15 bits per heavy atom. The van der Waals surface area contributed by atoms with Crippen LogP contribution in [-0.4, -0.2) is 29.9 Å². The molecule has 1 N–H and O–H groups in total. The minimum absolute atomic E-state index is 0.167. The zero-order valence-electron chi connectivity index (χ0n) is 12.4. The number of amides is 1. The standard InChI is InChI=1S/C17H24N2O/c1-12-4-3-5-14(8-12)11-19(15-6-7-15)17(20)16-10-18-9-13(16)2/h3-5,8,13,15-16,18H,6-7,9-11H2,1-2H3/t13-,16-/m1/s1. The van der Waals surface area contributed by atoms with E-state index in [1.165, 1.54) is 24.0 Å². The van der Waals surface area contributed by atoms with Gasteiger partial charge in [0.25, 0.3) is 0 Å². The molecule has 1 aromatic carbocycles. The molecule has 108 valence electrons. The number of nitrogens with zero attached hydrogens (tertiary/aromatic N) is 1. The van der Waals surface area contributed by atoms with Crippen LogP contribution in [0.4, 0.5) is 0 Å². The number of hydrogen-bond donors (Lipinski definition) is 1. The van der Waals surface area contributed by atoms with Crippen molar-refractivity contribution >= 4 is 5.91 Å². The molecule has 0 bridgehead atoms. The van der Waals surface area contributed by atoms with E-state index >= 15 is 0 Å². The fourth-order valence-corrected chi connectivity index (χ4v) is 3.13. The first-order chi connectivity index (χ1) is 9.65. The third kappa shape index (κ3) is 2.88. The summed E-state index contributed by atoms with van der Waals surface area (Å²) in [5, 5.41) is 3.34. The Labute approximate surface area is 121 Å². The summed E-state index contributed by atoms with van der Waals surface area (Å²) in [6, 6.07) is 9.00. The SMILES string of the molecule is Cc1cccc(CN(C(=O)[C@@H]2CNC[C@H]2C)C2CC2)c1. The van der Waals surface area contributed by atoms with Crippen molar-refractivity contribution in [2.75, 3.05) is 13.1 Å². The maximum Gasteiger partial charge on any atom is 0.227 e. The van der Waals surface area contributed by atoms with Gasteiger partial charge in [-0.25, -0.2) is 0 Å². The first kappa shape index (κ1) is 13.6. The van der Waals surface area contributed by atoms with Crippen LogP contribution in [0.15, 0.2) is 24.3 Å². The molecule has 0 spiro atoms. The van der Waals surface area contributed by atoms with Gasteiger partial charge in [0.05, 0.1) is 5.92 Å². The van der Waals surface area contributed by atoms with E-state index in [2.05, 4.69) is 48.3 Å². The van der Waals surface area contributed by atoms with Gasteiger partial charge in [0.2, 0.25) is 5.91 Å². The van der Waals surface area contributed by atoms with Crippen molar-refractivity contribution in [1.82, 2.24) is 10.2 Å². The van der Waals surface area contributed by atoms with Crippen molar-refractivity contribution in [2.45, 2.75) is 39.3 Å². The second kappa shape index (κ2) is 5.57. The average molecular weight is 272 g/mol. The van der Waals surface area contributed by atoms with Crippen molar-refractivity contribution in [3.63, 3.8) is 0 Å². The highest BCUT2D eigenvalue weighted by molar-refractivity contribution is 5.80. The van der Waals surface area contributed by atoms with E-state index in [1.807, 2.05) is 0 Å². The third-order valence-electron chi connectivity index (χ3n) is 4.54. The highest BCUT2D eigenvalue weighted by atomic mass is 16.2. The van der Waals surface area contributed by atoms with E-state index in [9.17, 15) is 4.79 Å². The molecule has 0 radical (unpaired) electrons. The lowest BCUT2D eigenvalue weighted by atomic mass is 9.96. The summed E-state index contributed by atoms with van der Waals surface area (Å²) in [7, 11) is 0. The van der Waals surface area contributed by atoms with Crippen molar-refractivity contribution in [3.05, 3.63) is 35.4 Å². The lowest BCUT2D eigenvalue weighted by Gasteiger charge is -2.27. The van der Waals surface area contributed by atoms with E-state index < -0.39 is 0 Å². The molecule has 20 heavy (non-hydrogen) atoms. The minimum Gasteiger partial charge on any atom is -0.335 e. The molecule has 3 heteroatoms. The zero-order chi connectivity index (χ0) is 14.1. The third-order valence-corrected chi connectivity index (χ3v) is 4.54. The lowest BCUT2D eigenvalue weighted by molar-refractivity contribution is -0.137. The van der Waals surface area contributed by atoms with Crippen LogP contribution in [0.2, 0.25) is 0 Å². The summed E-state index contributed by atoms with van der Waals surface area (Å²) in [4.78, 5) is 14.9. The quantitative estimate of drug-likeness (QED) is 0.912. The average Bonchev–Trinajstić information content (AvgIpc) is 3.17. The van der Waals surface area contributed by atoms with Crippen molar-refractivity contribution in [3.8, 4) is 0 Å². The maximum absolute atomic E-state index is 12.8. The molecular formula is C17H24N2O. The Morgan fingerprint density at radius 3 is 2.75 bits per heavy atom. The summed E-state index contributed by atoms with van der Waals surface area (Å²) in [6.07, 6.45) is 2.35. The number of carbonyl (C=O) groups excluding carboxylic acids is 1. The van der Waals surface area contributed by atoms with Gasteiger partial charge in [0.15, 0.2) is 0 Å². The molecule has 1 aliphatic heterocycles. The van der Waals surface area contributed by atoms with Crippen molar-refractivity contribution < 1.29 is 4.79 Å². The molecule has 3 nitrogen and oxygen atoms in total. The first-order valence-electron chi connectivity index (χ1n) is 7.72. The summed E-state index contributed by atoms with van der Waals surface area (Å²) in [5.41, 5.74) is 2.52. The Kier molecular flexibility index (Phi) is 3.79. The molecule has 2 fully saturated rings. The van der Waals surface area contributed by atoms with E-state index in [4.69, 9.17) is 0 Å². The van der Waals surface area contributed by atoms with Crippen LogP contribution < -0.4 is 5.32 Å². The molecule has 1 heterocycles. The maximum atomic E-state index is 12.8. The topological polar surface area (TPSA) is 32.3 Å². The number of benzene rings is 1. The van der Waals surface area contributed by atoms with E-state index in [0.717, 1.165) is 19.6 Å². The van der Waals surface area contributed by atoms with Crippen LogP contribution in [0.25, 0.3) is 0 Å². The number of nitrogens with one attached hydrogen (secondary N) is 1. The molecule has 1 aromatic rings. The summed E-state index contributed by atoms with van der Waals surface area (Å²) >= 11 is 0. The minimum atomic E-state index is 0.167. The Bertz CT molecular complexity index is 496. The number of carbonyl (C=O) groups is 1. The lowest BCUT2D eigenvalue weighted by Crippen LogP contribution is -2.39. The second-order valence-electron chi connectivity index (χ2n) is 6.43. The monoisotopic (exact) mass is 272 g/mol. The molecule has 3 rings (SSSR count). The highest BCUT2D eigenvalue weighted by Crippen LogP contribution is 2.31. The normalized spacial score (nSPS) is 25.7. The van der Waals surface area contributed by atoms with Gasteiger partial charge < -0.3 is 10.2 Å². The smallest absolute Gasteiger partial charge is 0.227 e. The molecule has 1 saturated heterocycles. The molecule has 2 atom stereocenters. The zero-order valence-corrected chi connectivity index (χ0v) is 12.4. The second-order valence-corrected chi connectivity index (χ2v) is 6.43. The molecule has 1 saturated carbocycles. The molecule has 0 unspecified atom stereocenters. The molecule has 1 amide bonds. The Balaban J connectivity index is 1.74. The summed E-state index contributed by atoms with van der Waals surface area (Å²) in [6.45, 7) is 6.88. The number of rotatable bonds is 4. The Hall–Kier alpha value is -1.35. The van der Waals surface area contributed by atoms with Crippen LogP contribution in [0.5, 0.6) is 0 Å². The van der Waals surface area contributed by atoms with Crippen LogP contribution in [0, 0.1) is 18.8 Å². The Morgan fingerprint density at radius 1 is 1.35 bits per heavy atom. The molecule has 2 aliphatic rings. The fourth-order valence-electron chi connectivity index (χ4n) is 3.13. The van der Waals surface area contributed by atoms with Gasteiger partial charge in [-0.05, 0) is 37.8 Å². The van der Waals surface area contributed by atoms with E-state index in [0.29, 0.717) is 17.9 Å². The number of hydrogen-bond acceptors (Lipinski definition) is 2. The van der Waals surface area contributed by atoms with Crippen LogP contribution >= 0.6 is 0 Å². The molecule has 1 aliphatic carbocycles. The molecular weight excluding hydrogens is 248 g/mol. The van der Waals surface area contributed by atoms with Gasteiger partial charge in [0, 0.05) is 19.1 Å². The van der Waals surface area contributed by atoms with Crippen molar-refractivity contribution in [2.24, 2.45) is 11.8 Å². The summed E-state index contributed by atoms with van der Waals surface area (Å²) < 4.78 is 0. The summed E-state index contributed by atoms with van der Waals surface area (Å²) in [5.74, 6) is 0.980. The fraction of sp³-hybridized carbons (Fsp3) is 0.588. The van der Waals surface area contributed by atoms with E-state index in [1.54, 1.807) is 0 Å². The largest absolute Gasteiger partial charge is 0.335 e. The van der Waals surface area contributed by atoms with Crippen molar-refractivity contribution in [1.29, 1.82) is 0 Å². The van der Waals surface area contributed by atoms with Crippen LogP contribution in [0.3, 0.4) is 0 Å². The van der Waals surface area contributed by atoms with Gasteiger partial charge in [0.1, 0.15) is 0 Å². The van der Waals surface area contributed by atoms with Gasteiger partial charge in [-0.15, -0.1) is 0 Å². The van der Waals surface area contributed by atoms with Crippen LogP contribution in [-0.2, 0) is 11.3 Å².